The number of carbonyl (C=O) groups excluding carboxylic acids is 1. The summed E-state index contributed by atoms with van der Waals surface area (Å²) in [6.07, 6.45) is 0. The van der Waals surface area contributed by atoms with Crippen LogP contribution >= 0.6 is 0 Å². The van der Waals surface area contributed by atoms with Gasteiger partial charge in [-0.15, -0.1) is 0 Å². The zero-order valence-corrected chi connectivity index (χ0v) is 7.28. The van der Waals surface area contributed by atoms with Crippen molar-refractivity contribution >= 4 is 5.91 Å². The molecule has 0 saturated heterocycles. The van der Waals surface area contributed by atoms with Crippen molar-refractivity contribution in [2.24, 2.45) is 11.5 Å². The normalized spacial score (nSPS) is 13.6. The standard InChI is InChI=1S/C9H10F2N2O/c10-9(11,7(12)8(13)14)6-4-2-1-3-5-6/h1-5,7H,12H2,(H2,13,14)/t7-/m1/s1. The van der Waals surface area contributed by atoms with Crippen molar-refractivity contribution in [3.63, 3.8) is 0 Å². The van der Waals surface area contributed by atoms with E-state index in [2.05, 4.69) is 0 Å². The SMILES string of the molecule is NC(=O)[C@@H](N)C(F)(F)c1ccccc1. The molecule has 0 aromatic heterocycles. The lowest BCUT2D eigenvalue weighted by atomic mass is 10.0. The van der Waals surface area contributed by atoms with Crippen LogP contribution in [0.4, 0.5) is 8.78 Å². The lowest BCUT2D eigenvalue weighted by molar-refractivity contribution is -0.129. The molecule has 4 N–H and O–H groups in total. The first-order valence-corrected chi connectivity index (χ1v) is 3.94. The van der Waals surface area contributed by atoms with Crippen LogP contribution in [0.2, 0.25) is 0 Å². The Labute approximate surface area is 79.7 Å². The summed E-state index contributed by atoms with van der Waals surface area (Å²) in [4.78, 5) is 10.5. The van der Waals surface area contributed by atoms with Crippen LogP contribution < -0.4 is 11.5 Å². The maximum Gasteiger partial charge on any atom is 0.296 e. The van der Waals surface area contributed by atoms with Crippen LogP contribution in [-0.4, -0.2) is 11.9 Å². The average molecular weight is 200 g/mol. The van der Waals surface area contributed by atoms with Gasteiger partial charge in [0.2, 0.25) is 5.91 Å². The van der Waals surface area contributed by atoms with Crippen molar-refractivity contribution in [1.82, 2.24) is 0 Å². The Bertz CT molecular complexity index is 327. The third kappa shape index (κ3) is 1.88. The molecule has 0 saturated carbocycles. The molecule has 0 aliphatic carbocycles. The van der Waals surface area contributed by atoms with E-state index in [1.807, 2.05) is 0 Å². The van der Waals surface area contributed by atoms with E-state index < -0.39 is 17.9 Å². The molecule has 0 bridgehead atoms. The fourth-order valence-electron chi connectivity index (χ4n) is 1.02. The quantitative estimate of drug-likeness (QED) is 0.749. The highest BCUT2D eigenvalue weighted by Crippen LogP contribution is 2.30. The Balaban J connectivity index is 3.02. The molecule has 0 aliphatic rings. The van der Waals surface area contributed by atoms with E-state index in [0.717, 1.165) is 0 Å². The highest BCUT2D eigenvalue weighted by atomic mass is 19.3. The number of halogens is 2. The van der Waals surface area contributed by atoms with Gasteiger partial charge in [-0.3, -0.25) is 4.79 Å². The summed E-state index contributed by atoms with van der Waals surface area (Å²) in [5, 5.41) is 0. The number of hydrogen-bond donors (Lipinski definition) is 2. The first-order chi connectivity index (χ1) is 6.46. The summed E-state index contributed by atoms with van der Waals surface area (Å²) in [7, 11) is 0. The van der Waals surface area contributed by atoms with E-state index in [9.17, 15) is 13.6 Å². The summed E-state index contributed by atoms with van der Waals surface area (Å²) in [6.45, 7) is 0. The summed E-state index contributed by atoms with van der Waals surface area (Å²) in [5.74, 6) is -4.65. The van der Waals surface area contributed by atoms with E-state index in [1.54, 1.807) is 6.07 Å². The van der Waals surface area contributed by atoms with Gasteiger partial charge in [-0.05, 0) is 0 Å². The van der Waals surface area contributed by atoms with Crippen molar-refractivity contribution in [3.8, 4) is 0 Å². The second-order valence-corrected chi connectivity index (χ2v) is 2.87. The highest BCUT2D eigenvalue weighted by molar-refractivity contribution is 5.81. The lowest BCUT2D eigenvalue weighted by Crippen LogP contribution is -2.48. The molecular weight excluding hydrogens is 190 g/mol. The smallest absolute Gasteiger partial charge is 0.296 e. The Hall–Kier alpha value is -1.49. The third-order valence-corrected chi connectivity index (χ3v) is 1.86. The molecule has 0 fully saturated rings. The van der Waals surface area contributed by atoms with E-state index in [1.165, 1.54) is 24.3 Å². The molecule has 14 heavy (non-hydrogen) atoms. The van der Waals surface area contributed by atoms with E-state index in [4.69, 9.17) is 11.5 Å². The molecule has 0 spiro atoms. The van der Waals surface area contributed by atoms with Gasteiger partial charge in [-0.25, -0.2) is 0 Å². The van der Waals surface area contributed by atoms with E-state index >= 15 is 0 Å². The second-order valence-electron chi connectivity index (χ2n) is 2.87. The largest absolute Gasteiger partial charge is 0.368 e. The van der Waals surface area contributed by atoms with Crippen molar-refractivity contribution in [2.45, 2.75) is 12.0 Å². The van der Waals surface area contributed by atoms with Crippen LogP contribution in [0, 0.1) is 0 Å². The Morgan fingerprint density at radius 2 is 1.79 bits per heavy atom. The minimum absolute atomic E-state index is 0.314. The number of amides is 1. The van der Waals surface area contributed by atoms with Gasteiger partial charge in [0.05, 0.1) is 0 Å². The molecule has 5 heteroatoms. The van der Waals surface area contributed by atoms with Crippen LogP contribution in [0.5, 0.6) is 0 Å². The number of benzene rings is 1. The average Bonchev–Trinajstić information content (AvgIpc) is 2.18. The van der Waals surface area contributed by atoms with Gasteiger partial charge in [-0.1, -0.05) is 30.3 Å². The van der Waals surface area contributed by atoms with E-state index in [0.29, 0.717) is 0 Å². The van der Waals surface area contributed by atoms with Crippen molar-refractivity contribution in [1.29, 1.82) is 0 Å². The predicted octanol–water partition coefficient (Wildman–Crippen LogP) is 0.591. The van der Waals surface area contributed by atoms with Crippen molar-refractivity contribution < 1.29 is 13.6 Å². The first kappa shape index (κ1) is 10.6. The number of carbonyl (C=O) groups is 1. The molecule has 1 amide bonds. The molecule has 0 heterocycles. The monoisotopic (exact) mass is 200 g/mol. The van der Waals surface area contributed by atoms with Gasteiger partial charge in [0.1, 0.15) is 0 Å². The summed E-state index contributed by atoms with van der Waals surface area (Å²) < 4.78 is 26.7. The van der Waals surface area contributed by atoms with Crippen LogP contribution in [0.1, 0.15) is 5.56 Å². The predicted molar refractivity (Wildman–Crippen MR) is 47.5 cm³/mol. The number of rotatable bonds is 3. The summed E-state index contributed by atoms with van der Waals surface area (Å²) in [5.41, 5.74) is 9.40. The van der Waals surface area contributed by atoms with Crippen LogP contribution in [-0.2, 0) is 10.7 Å². The molecular formula is C9H10F2N2O. The Morgan fingerprint density at radius 1 is 1.29 bits per heavy atom. The van der Waals surface area contributed by atoms with Gasteiger partial charge in [-0.2, -0.15) is 8.78 Å². The fourth-order valence-corrected chi connectivity index (χ4v) is 1.02. The molecule has 1 rings (SSSR count). The minimum Gasteiger partial charge on any atom is -0.368 e. The molecule has 3 nitrogen and oxygen atoms in total. The number of hydrogen-bond acceptors (Lipinski definition) is 2. The second kappa shape index (κ2) is 3.71. The first-order valence-electron chi connectivity index (χ1n) is 3.94. The lowest BCUT2D eigenvalue weighted by Gasteiger charge is -2.20. The zero-order valence-electron chi connectivity index (χ0n) is 7.28. The van der Waals surface area contributed by atoms with E-state index in [-0.39, 0.29) is 5.56 Å². The summed E-state index contributed by atoms with van der Waals surface area (Å²) >= 11 is 0. The van der Waals surface area contributed by atoms with Crippen molar-refractivity contribution in [2.75, 3.05) is 0 Å². The summed E-state index contributed by atoms with van der Waals surface area (Å²) in [6, 6.07) is 4.87. The topological polar surface area (TPSA) is 69.1 Å². The molecule has 1 aromatic rings. The molecule has 0 radical (unpaired) electrons. The van der Waals surface area contributed by atoms with Crippen LogP contribution in [0.3, 0.4) is 0 Å². The molecule has 1 atom stereocenters. The number of nitrogens with two attached hydrogens (primary N) is 2. The van der Waals surface area contributed by atoms with Gasteiger partial charge >= 0.3 is 0 Å². The fraction of sp³-hybridized carbons (Fsp3) is 0.222. The highest BCUT2D eigenvalue weighted by Gasteiger charge is 2.42. The van der Waals surface area contributed by atoms with Gasteiger partial charge < -0.3 is 11.5 Å². The Kier molecular flexibility index (Phi) is 2.81. The molecule has 0 aliphatic heterocycles. The third-order valence-electron chi connectivity index (χ3n) is 1.86. The minimum atomic E-state index is -3.42. The van der Waals surface area contributed by atoms with Gasteiger partial charge in [0, 0.05) is 5.56 Å². The molecule has 0 unspecified atom stereocenters. The van der Waals surface area contributed by atoms with Crippen LogP contribution in [0.15, 0.2) is 30.3 Å². The van der Waals surface area contributed by atoms with Crippen molar-refractivity contribution in [3.05, 3.63) is 35.9 Å². The molecule has 1 aromatic carbocycles. The van der Waals surface area contributed by atoms with Crippen LogP contribution in [0.25, 0.3) is 0 Å². The zero-order chi connectivity index (χ0) is 10.8. The van der Waals surface area contributed by atoms with Gasteiger partial charge in [0.25, 0.3) is 5.92 Å². The molecule has 76 valence electrons. The number of primary amides is 1. The number of alkyl halides is 2. The van der Waals surface area contributed by atoms with Gasteiger partial charge in [0.15, 0.2) is 6.04 Å². The Morgan fingerprint density at radius 3 is 2.21 bits per heavy atom. The maximum atomic E-state index is 13.4. The maximum absolute atomic E-state index is 13.4.